The van der Waals surface area contributed by atoms with Crippen molar-refractivity contribution in [3.63, 3.8) is 0 Å². The number of aliphatic hydroxyl groups is 1. The van der Waals surface area contributed by atoms with Gasteiger partial charge in [-0.15, -0.1) is 0 Å². The Balaban J connectivity index is 2.01. The number of piperidine rings is 1. The molecule has 2 saturated heterocycles. The molecule has 0 aromatic heterocycles. The number of sulfonamides is 1. The Kier molecular flexibility index (Phi) is 4.71. The molecule has 2 rings (SSSR count). The largest absolute Gasteiger partial charge is 0.393 e. The van der Waals surface area contributed by atoms with Gasteiger partial charge in [0.1, 0.15) is 0 Å². The van der Waals surface area contributed by atoms with Crippen LogP contribution in [0.5, 0.6) is 0 Å². The molecule has 116 valence electrons. The van der Waals surface area contributed by atoms with Crippen LogP contribution in [0.25, 0.3) is 0 Å². The molecule has 2 fully saturated rings. The number of nitrogens with one attached hydrogen (secondary N) is 1. The van der Waals surface area contributed by atoms with Crippen molar-refractivity contribution in [2.45, 2.75) is 70.2 Å². The fourth-order valence-corrected chi connectivity index (χ4v) is 4.67. The van der Waals surface area contributed by atoms with Gasteiger partial charge in [-0.1, -0.05) is 6.92 Å². The highest BCUT2D eigenvalue weighted by molar-refractivity contribution is 7.89. The first-order valence-electron chi connectivity index (χ1n) is 7.34. The van der Waals surface area contributed by atoms with Crippen LogP contribution in [-0.4, -0.2) is 54.3 Å². The number of nitrogens with zero attached hydrogens (tertiary/aromatic N) is 1. The van der Waals surface area contributed by atoms with Crippen LogP contribution in [-0.2, 0) is 14.8 Å². The van der Waals surface area contributed by atoms with E-state index in [2.05, 4.69) is 4.72 Å². The summed E-state index contributed by atoms with van der Waals surface area (Å²) in [4.78, 5) is 14.3. The lowest BCUT2D eigenvalue weighted by atomic mass is 9.99. The zero-order chi connectivity index (χ0) is 14.9. The van der Waals surface area contributed by atoms with Crippen molar-refractivity contribution in [3.05, 3.63) is 0 Å². The maximum Gasteiger partial charge on any atom is 0.240 e. The van der Waals surface area contributed by atoms with Crippen molar-refractivity contribution in [2.75, 3.05) is 5.75 Å². The summed E-state index contributed by atoms with van der Waals surface area (Å²) in [6.07, 6.45) is 3.22. The third-order valence-corrected chi connectivity index (χ3v) is 5.82. The van der Waals surface area contributed by atoms with E-state index in [1.807, 2.05) is 0 Å². The molecule has 2 N–H and O–H groups in total. The molecule has 7 heteroatoms. The summed E-state index contributed by atoms with van der Waals surface area (Å²) in [5.41, 5.74) is 0. The summed E-state index contributed by atoms with van der Waals surface area (Å²) in [5, 5.41) is 9.74. The molecule has 2 aliphatic rings. The Labute approximate surface area is 120 Å². The third kappa shape index (κ3) is 3.32. The highest BCUT2D eigenvalue weighted by Crippen LogP contribution is 2.36. The van der Waals surface area contributed by atoms with Gasteiger partial charge in [0.05, 0.1) is 17.9 Å². The second kappa shape index (κ2) is 5.99. The highest BCUT2D eigenvalue weighted by Gasteiger charge is 2.44. The van der Waals surface area contributed by atoms with Gasteiger partial charge < -0.3 is 10.0 Å². The Morgan fingerprint density at radius 1 is 1.35 bits per heavy atom. The fraction of sp³-hybridized carbons (Fsp3) is 0.923. The van der Waals surface area contributed by atoms with Crippen LogP contribution >= 0.6 is 0 Å². The molecule has 2 aliphatic heterocycles. The SMILES string of the molecule is CCCS(=O)(=O)NC(C)C(=O)N1C2CCC1CC(O)C2. The van der Waals surface area contributed by atoms with E-state index >= 15 is 0 Å². The van der Waals surface area contributed by atoms with E-state index in [1.165, 1.54) is 0 Å². The number of hydrogen-bond donors (Lipinski definition) is 2. The molecular formula is C13H24N2O4S. The predicted molar refractivity (Wildman–Crippen MR) is 75.6 cm³/mol. The monoisotopic (exact) mass is 304 g/mol. The van der Waals surface area contributed by atoms with E-state index in [9.17, 15) is 18.3 Å². The molecule has 0 saturated carbocycles. The number of rotatable bonds is 5. The fourth-order valence-electron chi connectivity index (χ4n) is 3.38. The van der Waals surface area contributed by atoms with Gasteiger partial charge in [0, 0.05) is 12.1 Å². The summed E-state index contributed by atoms with van der Waals surface area (Å²) < 4.78 is 25.9. The van der Waals surface area contributed by atoms with Crippen LogP contribution < -0.4 is 4.72 Å². The second-order valence-electron chi connectivity index (χ2n) is 5.91. The molecule has 0 aromatic rings. The lowest BCUT2D eigenvalue weighted by Gasteiger charge is -2.38. The Morgan fingerprint density at radius 2 is 1.90 bits per heavy atom. The molecule has 6 nitrogen and oxygen atoms in total. The predicted octanol–water partition coefficient (Wildman–Crippen LogP) is 0.219. The molecule has 3 unspecified atom stereocenters. The smallest absolute Gasteiger partial charge is 0.240 e. The molecule has 20 heavy (non-hydrogen) atoms. The number of amides is 1. The van der Waals surface area contributed by atoms with Gasteiger partial charge in [0.25, 0.3) is 0 Å². The van der Waals surface area contributed by atoms with E-state index in [-0.39, 0.29) is 29.8 Å². The van der Waals surface area contributed by atoms with Crippen molar-refractivity contribution < 1.29 is 18.3 Å². The first-order chi connectivity index (χ1) is 9.34. The summed E-state index contributed by atoms with van der Waals surface area (Å²) >= 11 is 0. The molecule has 0 spiro atoms. The summed E-state index contributed by atoms with van der Waals surface area (Å²) in [7, 11) is -3.39. The summed E-state index contributed by atoms with van der Waals surface area (Å²) in [6.45, 7) is 3.39. The first kappa shape index (κ1) is 15.7. The Hall–Kier alpha value is -0.660. The zero-order valence-corrected chi connectivity index (χ0v) is 12.9. The average Bonchev–Trinajstić information content (AvgIpc) is 2.59. The third-order valence-electron chi connectivity index (χ3n) is 4.16. The van der Waals surface area contributed by atoms with Gasteiger partial charge >= 0.3 is 0 Å². The number of aliphatic hydroxyl groups excluding tert-OH is 1. The van der Waals surface area contributed by atoms with Crippen molar-refractivity contribution in [1.29, 1.82) is 0 Å². The van der Waals surface area contributed by atoms with Crippen LogP contribution in [0, 0.1) is 0 Å². The topological polar surface area (TPSA) is 86.7 Å². The quantitative estimate of drug-likeness (QED) is 0.760. The maximum absolute atomic E-state index is 12.5. The molecule has 2 bridgehead atoms. The minimum absolute atomic E-state index is 0.0379. The summed E-state index contributed by atoms with van der Waals surface area (Å²) in [6, 6.07) is -0.603. The second-order valence-corrected chi connectivity index (χ2v) is 7.79. The Morgan fingerprint density at radius 3 is 2.40 bits per heavy atom. The van der Waals surface area contributed by atoms with E-state index in [0.717, 1.165) is 12.8 Å². The molecule has 2 heterocycles. The number of carbonyl (C=O) groups excluding carboxylic acids is 1. The standard InChI is InChI=1S/C13H24N2O4S/c1-3-6-20(18,19)14-9(2)13(17)15-10-4-5-11(15)8-12(16)7-10/h9-12,14,16H,3-8H2,1-2H3. The van der Waals surface area contributed by atoms with Crippen LogP contribution in [0.2, 0.25) is 0 Å². The molecule has 0 aliphatic carbocycles. The van der Waals surface area contributed by atoms with E-state index in [0.29, 0.717) is 19.3 Å². The number of hydrogen-bond acceptors (Lipinski definition) is 4. The van der Waals surface area contributed by atoms with Crippen molar-refractivity contribution in [3.8, 4) is 0 Å². The van der Waals surface area contributed by atoms with E-state index in [4.69, 9.17) is 0 Å². The Bertz CT molecular complexity index is 451. The van der Waals surface area contributed by atoms with Crippen LogP contribution in [0.1, 0.15) is 46.0 Å². The van der Waals surface area contributed by atoms with Crippen molar-refractivity contribution >= 4 is 15.9 Å². The molecule has 0 radical (unpaired) electrons. The van der Waals surface area contributed by atoms with Crippen LogP contribution in [0.3, 0.4) is 0 Å². The number of fused-ring (bicyclic) bond motifs is 2. The van der Waals surface area contributed by atoms with Crippen molar-refractivity contribution in [1.82, 2.24) is 9.62 Å². The van der Waals surface area contributed by atoms with Crippen molar-refractivity contribution in [2.24, 2.45) is 0 Å². The normalized spacial score (nSPS) is 31.4. The van der Waals surface area contributed by atoms with E-state index < -0.39 is 16.1 Å². The van der Waals surface area contributed by atoms with Gasteiger partial charge in [-0.05, 0) is 39.0 Å². The maximum atomic E-state index is 12.5. The van der Waals surface area contributed by atoms with Crippen LogP contribution in [0.4, 0.5) is 0 Å². The number of carbonyl (C=O) groups is 1. The minimum atomic E-state index is -3.39. The molecule has 1 amide bonds. The summed E-state index contributed by atoms with van der Waals surface area (Å²) in [5.74, 6) is -0.125. The van der Waals surface area contributed by atoms with Gasteiger partial charge in [-0.25, -0.2) is 13.1 Å². The van der Waals surface area contributed by atoms with Crippen LogP contribution in [0.15, 0.2) is 0 Å². The average molecular weight is 304 g/mol. The van der Waals surface area contributed by atoms with E-state index in [1.54, 1.807) is 18.7 Å². The minimum Gasteiger partial charge on any atom is -0.393 e. The first-order valence-corrected chi connectivity index (χ1v) is 8.99. The van der Waals surface area contributed by atoms with Gasteiger partial charge in [-0.3, -0.25) is 4.79 Å². The highest BCUT2D eigenvalue weighted by atomic mass is 32.2. The molecule has 3 atom stereocenters. The lowest BCUT2D eigenvalue weighted by molar-refractivity contribution is -0.138. The molecule has 0 aromatic carbocycles. The molecular weight excluding hydrogens is 280 g/mol. The lowest BCUT2D eigenvalue weighted by Crippen LogP contribution is -2.54. The zero-order valence-electron chi connectivity index (χ0n) is 12.1. The van der Waals surface area contributed by atoms with Gasteiger partial charge in [0.15, 0.2) is 0 Å². The van der Waals surface area contributed by atoms with Gasteiger partial charge in [0.2, 0.25) is 15.9 Å². The van der Waals surface area contributed by atoms with Gasteiger partial charge in [-0.2, -0.15) is 0 Å².